The zero-order valence-corrected chi connectivity index (χ0v) is 12.1. The second-order valence-electron chi connectivity index (χ2n) is 5.05. The van der Waals surface area contributed by atoms with Crippen LogP contribution in [-0.4, -0.2) is 11.0 Å². The molecule has 2 rings (SSSR count). The van der Waals surface area contributed by atoms with Crippen molar-refractivity contribution >= 4 is 34.8 Å². The molecule has 18 heavy (non-hydrogen) atoms. The quantitative estimate of drug-likeness (QED) is 0.795. The van der Waals surface area contributed by atoms with Gasteiger partial charge in [-0.05, 0) is 24.8 Å². The number of hydrogen-bond donors (Lipinski definition) is 2. The number of anilines is 2. The molecule has 3 N–H and O–H groups in total. The van der Waals surface area contributed by atoms with Crippen molar-refractivity contribution in [2.24, 2.45) is 5.92 Å². The Morgan fingerprint density at radius 1 is 1.22 bits per heavy atom. The summed E-state index contributed by atoms with van der Waals surface area (Å²) in [5.74, 6) is 1.60. The molecule has 1 aromatic rings. The van der Waals surface area contributed by atoms with Gasteiger partial charge in [0.05, 0.1) is 10.0 Å². The molecule has 0 aromatic carbocycles. The van der Waals surface area contributed by atoms with Crippen LogP contribution in [-0.2, 0) is 0 Å². The van der Waals surface area contributed by atoms with Gasteiger partial charge in [-0.25, -0.2) is 4.98 Å². The van der Waals surface area contributed by atoms with Crippen LogP contribution < -0.4 is 11.1 Å². The lowest BCUT2D eigenvalue weighted by molar-refractivity contribution is 0.456. The van der Waals surface area contributed by atoms with Crippen LogP contribution in [0.1, 0.15) is 39.0 Å². The SMILES string of the molecule is CC1CCCCCC1Nc1nc(N)c(Cl)cc1Cl. The molecule has 1 heterocycles. The molecule has 1 aromatic heterocycles. The van der Waals surface area contributed by atoms with Gasteiger partial charge in [-0.1, -0.05) is 49.4 Å². The van der Waals surface area contributed by atoms with Crippen LogP contribution in [0.25, 0.3) is 0 Å². The highest BCUT2D eigenvalue weighted by molar-refractivity contribution is 6.37. The minimum atomic E-state index is 0.324. The van der Waals surface area contributed by atoms with Gasteiger partial charge in [0, 0.05) is 6.04 Å². The maximum absolute atomic E-state index is 6.14. The highest BCUT2D eigenvalue weighted by Gasteiger charge is 2.21. The summed E-state index contributed by atoms with van der Waals surface area (Å²) in [6, 6.07) is 2.06. The van der Waals surface area contributed by atoms with Crippen LogP contribution in [0.4, 0.5) is 11.6 Å². The smallest absolute Gasteiger partial charge is 0.147 e. The van der Waals surface area contributed by atoms with E-state index in [0.717, 1.165) is 6.42 Å². The minimum absolute atomic E-state index is 0.324. The largest absolute Gasteiger partial charge is 0.382 e. The zero-order chi connectivity index (χ0) is 13.1. The Bertz CT molecular complexity index is 423. The summed E-state index contributed by atoms with van der Waals surface area (Å²) in [6.07, 6.45) is 6.28. The van der Waals surface area contributed by atoms with Gasteiger partial charge < -0.3 is 11.1 Å². The molecule has 3 nitrogen and oxygen atoms in total. The van der Waals surface area contributed by atoms with Gasteiger partial charge in [0.25, 0.3) is 0 Å². The number of pyridine rings is 1. The molecule has 1 aliphatic rings. The Hall–Kier alpha value is -0.670. The monoisotopic (exact) mass is 287 g/mol. The number of rotatable bonds is 2. The summed E-state index contributed by atoms with van der Waals surface area (Å²) in [6.45, 7) is 2.27. The third-order valence-electron chi connectivity index (χ3n) is 3.64. The first-order valence-electron chi connectivity index (χ1n) is 6.46. The summed E-state index contributed by atoms with van der Waals surface area (Å²) in [5.41, 5.74) is 5.72. The molecule has 1 saturated carbocycles. The van der Waals surface area contributed by atoms with Gasteiger partial charge in [-0.3, -0.25) is 0 Å². The van der Waals surface area contributed by atoms with Crippen molar-refractivity contribution in [1.29, 1.82) is 0 Å². The molecule has 5 heteroatoms. The summed E-state index contributed by atoms with van der Waals surface area (Å²) < 4.78 is 0. The van der Waals surface area contributed by atoms with E-state index in [9.17, 15) is 0 Å². The molecule has 2 atom stereocenters. The van der Waals surface area contributed by atoms with Crippen molar-refractivity contribution in [3.63, 3.8) is 0 Å². The van der Waals surface area contributed by atoms with Crippen LogP contribution >= 0.6 is 23.2 Å². The fourth-order valence-electron chi connectivity index (χ4n) is 2.47. The Morgan fingerprint density at radius 3 is 2.72 bits per heavy atom. The van der Waals surface area contributed by atoms with E-state index in [1.54, 1.807) is 6.07 Å². The third kappa shape index (κ3) is 3.21. The molecule has 2 unspecified atom stereocenters. The second-order valence-corrected chi connectivity index (χ2v) is 5.87. The lowest BCUT2D eigenvalue weighted by Gasteiger charge is -2.24. The first kappa shape index (κ1) is 13.8. The highest BCUT2D eigenvalue weighted by Crippen LogP contribution is 2.31. The fourth-order valence-corrected chi connectivity index (χ4v) is 2.88. The van der Waals surface area contributed by atoms with Crippen molar-refractivity contribution in [1.82, 2.24) is 4.98 Å². The Kier molecular flexibility index (Phi) is 4.57. The van der Waals surface area contributed by atoms with E-state index in [2.05, 4.69) is 17.2 Å². The number of nitrogens with two attached hydrogens (primary N) is 1. The Morgan fingerprint density at radius 2 is 1.94 bits per heavy atom. The zero-order valence-electron chi connectivity index (χ0n) is 10.5. The predicted molar refractivity (Wildman–Crippen MR) is 78.3 cm³/mol. The van der Waals surface area contributed by atoms with E-state index >= 15 is 0 Å². The van der Waals surface area contributed by atoms with E-state index in [1.165, 1.54) is 25.7 Å². The van der Waals surface area contributed by atoms with E-state index in [1.807, 2.05) is 0 Å². The Balaban J connectivity index is 2.14. The molecule has 0 aliphatic heterocycles. The number of nitrogen functional groups attached to an aromatic ring is 1. The van der Waals surface area contributed by atoms with Crippen molar-refractivity contribution in [2.75, 3.05) is 11.1 Å². The van der Waals surface area contributed by atoms with Crippen LogP contribution in [0.15, 0.2) is 6.07 Å². The maximum Gasteiger partial charge on any atom is 0.147 e. The minimum Gasteiger partial charge on any atom is -0.382 e. The Labute approximate surface area is 118 Å². The lowest BCUT2D eigenvalue weighted by Crippen LogP contribution is -2.27. The van der Waals surface area contributed by atoms with Gasteiger partial charge in [-0.2, -0.15) is 0 Å². The number of nitrogens with zero attached hydrogens (tertiary/aromatic N) is 1. The first-order chi connectivity index (χ1) is 8.58. The van der Waals surface area contributed by atoms with Crippen LogP contribution in [0.2, 0.25) is 10.0 Å². The second kappa shape index (κ2) is 5.98. The molecule has 0 amide bonds. The van der Waals surface area contributed by atoms with Gasteiger partial charge in [0.15, 0.2) is 0 Å². The van der Waals surface area contributed by atoms with Crippen LogP contribution in [0.5, 0.6) is 0 Å². The number of nitrogens with one attached hydrogen (secondary N) is 1. The van der Waals surface area contributed by atoms with Gasteiger partial charge in [-0.15, -0.1) is 0 Å². The fraction of sp³-hybridized carbons (Fsp3) is 0.615. The van der Waals surface area contributed by atoms with Crippen molar-refractivity contribution in [3.05, 3.63) is 16.1 Å². The molecule has 0 bridgehead atoms. The van der Waals surface area contributed by atoms with Crippen molar-refractivity contribution in [2.45, 2.75) is 45.1 Å². The standard InChI is InChI=1S/C13H19Cl2N3/c1-8-5-3-2-4-6-11(8)17-13-10(15)7-9(14)12(16)18-13/h7-8,11H,2-6H2,1H3,(H3,16,17,18). The van der Waals surface area contributed by atoms with Gasteiger partial charge >= 0.3 is 0 Å². The normalized spacial score (nSPS) is 24.6. The highest BCUT2D eigenvalue weighted by atomic mass is 35.5. The summed E-state index contributed by atoms with van der Waals surface area (Å²) in [7, 11) is 0. The third-order valence-corrected chi connectivity index (χ3v) is 4.23. The average Bonchev–Trinajstić information content (AvgIpc) is 2.52. The van der Waals surface area contributed by atoms with E-state index in [0.29, 0.717) is 33.6 Å². The molecule has 0 saturated heterocycles. The number of halogens is 2. The number of aromatic nitrogens is 1. The molecule has 1 fully saturated rings. The van der Waals surface area contributed by atoms with Gasteiger partial charge in [0.2, 0.25) is 0 Å². The average molecular weight is 288 g/mol. The van der Waals surface area contributed by atoms with Crippen molar-refractivity contribution in [3.8, 4) is 0 Å². The summed E-state index contributed by atoms with van der Waals surface area (Å²) in [4.78, 5) is 4.23. The molecule has 100 valence electrons. The van der Waals surface area contributed by atoms with Crippen LogP contribution in [0.3, 0.4) is 0 Å². The summed E-state index contributed by atoms with van der Waals surface area (Å²) in [5, 5.41) is 4.36. The summed E-state index contributed by atoms with van der Waals surface area (Å²) >= 11 is 12.0. The van der Waals surface area contributed by atoms with E-state index in [4.69, 9.17) is 28.9 Å². The maximum atomic E-state index is 6.14. The van der Waals surface area contributed by atoms with Crippen molar-refractivity contribution < 1.29 is 0 Å². The first-order valence-corrected chi connectivity index (χ1v) is 7.21. The van der Waals surface area contributed by atoms with E-state index in [-0.39, 0.29) is 0 Å². The lowest BCUT2D eigenvalue weighted by atomic mass is 9.97. The van der Waals surface area contributed by atoms with Crippen LogP contribution in [0, 0.1) is 5.92 Å². The molecular formula is C13H19Cl2N3. The predicted octanol–water partition coefficient (Wildman–Crippen LogP) is 4.35. The van der Waals surface area contributed by atoms with Gasteiger partial charge in [0.1, 0.15) is 11.6 Å². The topological polar surface area (TPSA) is 50.9 Å². The molecule has 0 spiro atoms. The molecular weight excluding hydrogens is 269 g/mol. The molecule has 1 aliphatic carbocycles. The number of hydrogen-bond acceptors (Lipinski definition) is 3. The molecule has 0 radical (unpaired) electrons. The van der Waals surface area contributed by atoms with E-state index < -0.39 is 0 Å².